The van der Waals surface area contributed by atoms with Crippen LogP contribution in [0, 0.1) is 12.7 Å². The molecule has 0 aliphatic heterocycles. The van der Waals surface area contributed by atoms with Crippen LogP contribution < -0.4 is 0 Å². The summed E-state index contributed by atoms with van der Waals surface area (Å²) in [6.45, 7) is 1.81. The van der Waals surface area contributed by atoms with E-state index in [4.69, 9.17) is 0 Å². The van der Waals surface area contributed by atoms with Crippen molar-refractivity contribution in [3.8, 4) is 0 Å². The van der Waals surface area contributed by atoms with Crippen LogP contribution in [0.5, 0.6) is 0 Å². The highest BCUT2D eigenvalue weighted by Crippen LogP contribution is 2.19. The lowest BCUT2D eigenvalue weighted by molar-refractivity contribution is 0.174. The Morgan fingerprint density at radius 1 is 1.41 bits per heavy atom. The Bertz CT molecular complexity index is 502. The average Bonchev–Trinajstić information content (AvgIpc) is 2.63. The van der Waals surface area contributed by atoms with Crippen LogP contribution >= 0.6 is 0 Å². The molecule has 4 heteroatoms. The van der Waals surface area contributed by atoms with E-state index in [9.17, 15) is 9.50 Å². The number of aliphatic hydroxyl groups is 1. The van der Waals surface area contributed by atoms with Gasteiger partial charge in [-0.1, -0.05) is 6.07 Å². The molecule has 2 aromatic rings. The van der Waals surface area contributed by atoms with Crippen LogP contribution in [-0.4, -0.2) is 14.7 Å². The first-order valence-corrected chi connectivity index (χ1v) is 5.47. The van der Waals surface area contributed by atoms with Crippen molar-refractivity contribution in [2.75, 3.05) is 0 Å². The van der Waals surface area contributed by atoms with Crippen molar-refractivity contribution < 1.29 is 9.50 Å². The van der Waals surface area contributed by atoms with Crippen LogP contribution in [0.3, 0.4) is 0 Å². The molecule has 0 saturated carbocycles. The van der Waals surface area contributed by atoms with E-state index in [1.54, 1.807) is 19.2 Å². The second-order valence-corrected chi connectivity index (χ2v) is 4.24. The summed E-state index contributed by atoms with van der Waals surface area (Å²) in [4.78, 5) is 4.14. The number of aliphatic hydroxyl groups excluding tert-OH is 1. The van der Waals surface area contributed by atoms with Gasteiger partial charge in [-0.3, -0.25) is 0 Å². The summed E-state index contributed by atoms with van der Waals surface area (Å²) in [5, 5.41) is 10.0. The van der Waals surface area contributed by atoms with Gasteiger partial charge < -0.3 is 9.67 Å². The van der Waals surface area contributed by atoms with Gasteiger partial charge in [0.2, 0.25) is 0 Å². The van der Waals surface area contributed by atoms with E-state index >= 15 is 0 Å². The molecule has 3 nitrogen and oxygen atoms in total. The molecule has 2 rings (SSSR count). The van der Waals surface area contributed by atoms with Crippen molar-refractivity contribution in [3.63, 3.8) is 0 Å². The molecule has 1 atom stereocenters. The lowest BCUT2D eigenvalue weighted by Crippen LogP contribution is -2.07. The second kappa shape index (κ2) is 4.67. The zero-order valence-corrected chi connectivity index (χ0v) is 9.89. The number of aromatic nitrogens is 2. The molecule has 0 fully saturated rings. The van der Waals surface area contributed by atoms with Crippen LogP contribution in [0.15, 0.2) is 30.6 Å². The van der Waals surface area contributed by atoms with E-state index in [1.165, 1.54) is 12.1 Å². The molecule has 0 spiro atoms. The highest BCUT2D eigenvalue weighted by Gasteiger charge is 2.12. The van der Waals surface area contributed by atoms with Gasteiger partial charge in [-0.05, 0) is 30.2 Å². The molecule has 0 aliphatic rings. The maximum absolute atomic E-state index is 13.2. The van der Waals surface area contributed by atoms with Gasteiger partial charge in [0.15, 0.2) is 0 Å². The minimum absolute atomic E-state index is 0.320. The van der Waals surface area contributed by atoms with Crippen LogP contribution in [0.1, 0.15) is 23.1 Å². The predicted molar refractivity (Wildman–Crippen MR) is 63.0 cm³/mol. The van der Waals surface area contributed by atoms with Crippen LogP contribution in [-0.2, 0) is 13.5 Å². The molecular weight excluding hydrogens is 219 g/mol. The fourth-order valence-corrected chi connectivity index (χ4v) is 1.84. The Hall–Kier alpha value is -1.68. The third-order valence-corrected chi connectivity index (χ3v) is 2.75. The number of benzene rings is 1. The smallest absolute Gasteiger partial charge is 0.123 e. The Labute approximate surface area is 99.5 Å². The van der Waals surface area contributed by atoms with E-state index in [0.717, 1.165) is 11.4 Å². The van der Waals surface area contributed by atoms with Gasteiger partial charge in [0.1, 0.15) is 11.6 Å². The molecule has 90 valence electrons. The fourth-order valence-electron chi connectivity index (χ4n) is 1.84. The first kappa shape index (κ1) is 11.8. The number of rotatable bonds is 3. The van der Waals surface area contributed by atoms with Gasteiger partial charge in [-0.15, -0.1) is 0 Å². The van der Waals surface area contributed by atoms with Gasteiger partial charge >= 0.3 is 0 Å². The summed E-state index contributed by atoms with van der Waals surface area (Å²) in [6.07, 6.45) is 3.15. The summed E-state index contributed by atoms with van der Waals surface area (Å²) < 4.78 is 15.1. The van der Waals surface area contributed by atoms with E-state index < -0.39 is 6.10 Å². The summed E-state index contributed by atoms with van der Waals surface area (Å²) in [6, 6.07) is 4.59. The number of halogens is 1. The third kappa shape index (κ3) is 2.71. The maximum atomic E-state index is 13.2. The predicted octanol–water partition coefficient (Wildman–Crippen LogP) is 2.14. The zero-order valence-electron chi connectivity index (χ0n) is 9.89. The van der Waals surface area contributed by atoms with Crippen LogP contribution in [0.25, 0.3) is 0 Å². The minimum Gasteiger partial charge on any atom is -0.388 e. The Kier molecular flexibility index (Phi) is 3.24. The minimum atomic E-state index is -0.731. The standard InChI is InChI=1S/C13H15FN2O/c1-9-5-10(7-11(14)6-9)12(17)8-13-15-3-4-16(13)2/h3-7,12,17H,8H2,1-2H3. The lowest BCUT2D eigenvalue weighted by Gasteiger charge is -2.11. The topological polar surface area (TPSA) is 38.1 Å². The van der Waals surface area contributed by atoms with Gasteiger partial charge in [0.05, 0.1) is 6.10 Å². The molecule has 1 N–H and O–H groups in total. The highest BCUT2D eigenvalue weighted by molar-refractivity contribution is 5.25. The molecule has 0 amide bonds. The normalized spacial score (nSPS) is 12.7. The van der Waals surface area contributed by atoms with Crippen molar-refractivity contribution >= 4 is 0 Å². The molecule has 0 radical (unpaired) electrons. The SMILES string of the molecule is Cc1cc(F)cc(C(O)Cc2nccn2C)c1. The third-order valence-electron chi connectivity index (χ3n) is 2.75. The van der Waals surface area contributed by atoms with Crippen molar-refractivity contribution in [1.82, 2.24) is 9.55 Å². The van der Waals surface area contributed by atoms with E-state index in [0.29, 0.717) is 12.0 Å². The quantitative estimate of drug-likeness (QED) is 0.883. The van der Waals surface area contributed by atoms with Gasteiger partial charge in [0, 0.05) is 25.9 Å². The molecular formula is C13H15FN2O. The summed E-state index contributed by atoms with van der Waals surface area (Å²) in [5.74, 6) is 0.457. The van der Waals surface area contributed by atoms with Crippen molar-refractivity contribution in [2.45, 2.75) is 19.4 Å². The molecule has 1 unspecified atom stereocenters. The van der Waals surface area contributed by atoms with Crippen LogP contribution in [0.4, 0.5) is 4.39 Å². The average molecular weight is 234 g/mol. The Balaban J connectivity index is 2.20. The number of nitrogens with zero attached hydrogens (tertiary/aromatic N) is 2. The largest absolute Gasteiger partial charge is 0.388 e. The molecule has 0 aliphatic carbocycles. The summed E-state index contributed by atoms with van der Waals surface area (Å²) >= 11 is 0. The Morgan fingerprint density at radius 3 is 2.76 bits per heavy atom. The number of hydrogen-bond donors (Lipinski definition) is 1. The molecule has 17 heavy (non-hydrogen) atoms. The zero-order chi connectivity index (χ0) is 12.4. The molecule has 0 saturated heterocycles. The van der Waals surface area contributed by atoms with Crippen molar-refractivity contribution in [1.29, 1.82) is 0 Å². The maximum Gasteiger partial charge on any atom is 0.123 e. The molecule has 1 aromatic heterocycles. The number of imidazole rings is 1. The number of hydrogen-bond acceptors (Lipinski definition) is 2. The van der Waals surface area contributed by atoms with Gasteiger partial charge in [-0.25, -0.2) is 9.37 Å². The van der Waals surface area contributed by atoms with E-state index in [1.807, 2.05) is 17.8 Å². The van der Waals surface area contributed by atoms with E-state index in [-0.39, 0.29) is 5.82 Å². The molecule has 0 bridgehead atoms. The van der Waals surface area contributed by atoms with Gasteiger partial charge in [-0.2, -0.15) is 0 Å². The summed E-state index contributed by atoms with van der Waals surface area (Å²) in [5.41, 5.74) is 1.39. The van der Waals surface area contributed by atoms with Crippen LogP contribution in [0.2, 0.25) is 0 Å². The van der Waals surface area contributed by atoms with Gasteiger partial charge in [0.25, 0.3) is 0 Å². The molecule has 1 aromatic carbocycles. The lowest BCUT2D eigenvalue weighted by atomic mass is 10.0. The number of aryl methyl sites for hydroxylation is 2. The fraction of sp³-hybridized carbons (Fsp3) is 0.308. The summed E-state index contributed by atoms with van der Waals surface area (Å²) in [7, 11) is 1.87. The van der Waals surface area contributed by atoms with Crippen molar-refractivity contribution in [3.05, 3.63) is 53.4 Å². The monoisotopic (exact) mass is 234 g/mol. The first-order valence-electron chi connectivity index (χ1n) is 5.47. The van der Waals surface area contributed by atoms with Crippen molar-refractivity contribution in [2.24, 2.45) is 7.05 Å². The first-order chi connectivity index (χ1) is 8.06. The second-order valence-electron chi connectivity index (χ2n) is 4.24. The van der Waals surface area contributed by atoms with E-state index in [2.05, 4.69) is 4.98 Å². The Morgan fingerprint density at radius 2 is 2.18 bits per heavy atom. The molecule has 1 heterocycles. The highest BCUT2D eigenvalue weighted by atomic mass is 19.1.